The van der Waals surface area contributed by atoms with Gasteiger partial charge in [-0.15, -0.1) is 0 Å². The lowest BCUT2D eigenvalue weighted by molar-refractivity contribution is 0.0697. The van der Waals surface area contributed by atoms with E-state index in [-0.39, 0.29) is 23.6 Å². The SMILES string of the molecule is Cc1ccc(C(=O)O)cc1NCc1cccc(O)c1O. The second-order valence-corrected chi connectivity index (χ2v) is 4.47. The molecule has 0 unspecified atom stereocenters. The van der Waals surface area contributed by atoms with E-state index in [4.69, 9.17) is 5.11 Å². The van der Waals surface area contributed by atoms with Crippen LogP contribution in [0.5, 0.6) is 11.5 Å². The first-order valence-corrected chi connectivity index (χ1v) is 6.06. The minimum atomic E-state index is -0.992. The third-order valence-electron chi connectivity index (χ3n) is 3.05. The number of benzene rings is 2. The Hall–Kier alpha value is -2.69. The molecule has 0 saturated heterocycles. The van der Waals surface area contributed by atoms with Crippen LogP contribution in [0, 0.1) is 6.92 Å². The minimum absolute atomic E-state index is 0.174. The fourth-order valence-electron chi connectivity index (χ4n) is 1.86. The van der Waals surface area contributed by atoms with Crippen molar-refractivity contribution in [3.63, 3.8) is 0 Å². The van der Waals surface area contributed by atoms with Crippen LogP contribution in [0.15, 0.2) is 36.4 Å². The van der Waals surface area contributed by atoms with Gasteiger partial charge < -0.3 is 20.6 Å². The Bertz CT molecular complexity index is 652. The molecule has 0 aliphatic heterocycles. The molecule has 0 aromatic heterocycles. The number of nitrogens with one attached hydrogen (secondary N) is 1. The van der Waals surface area contributed by atoms with Gasteiger partial charge in [-0.2, -0.15) is 0 Å². The summed E-state index contributed by atoms with van der Waals surface area (Å²) in [5.41, 5.74) is 2.30. The van der Waals surface area contributed by atoms with Crippen molar-refractivity contribution in [3.8, 4) is 11.5 Å². The van der Waals surface area contributed by atoms with Crippen molar-refractivity contribution in [1.29, 1.82) is 0 Å². The van der Waals surface area contributed by atoms with Crippen molar-refractivity contribution in [2.45, 2.75) is 13.5 Å². The number of phenols is 2. The highest BCUT2D eigenvalue weighted by Gasteiger charge is 2.08. The molecule has 2 rings (SSSR count). The maximum absolute atomic E-state index is 10.9. The van der Waals surface area contributed by atoms with Crippen molar-refractivity contribution in [3.05, 3.63) is 53.1 Å². The van der Waals surface area contributed by atoms with Crippen molar-refractivity contribution >= 4 is 11.7 Å². The van der Waals surface area contributed by atoms with E-state index in [1.165, 1.54) is 18.2 Å². The van der Waals surface area contributed by atoms with E-state index in [1.54, 1.807) is 18.2 Å². The molecule has 0 aliphatic carbocycles. The van der Waals surface area contributed by atoms with Gasteiger partial charge in [0, 0.05) is 17.8 Å². The van der Waals surface area contributed by atoms with Crippen LogP contribution in [-0.2, 0) is 6.54 Å². The number of para-hydroxylation sites is 1. The molecule has 20 heavy (non-hydrogen) atoms. The van der Waals surface area contributed by atoms with Crippen LogP contribution >= 0.6 is 0 Å². The first-order chi connectivity index (χ1) is 9.49. The summed E-state index contributed by atoms with van der Waals surface area (Å²) >= 11 is 0. The van der Waals surface area contributed by atoms with Gasteiger partial charge >= 0.3 is 5.97 Å². The molecule has 0 bridgehead atoms. The van der Waals surface area contributed by atoms with E-state index >= 15 is 0 Å². The number of hydrogen-bond donors (Lipinski definition) is 4. The van der Waals surface area contributed by atoms with E-state index in [0.29, 0.717) is 11.3 Å². The summed E-state index contributed by atoms with van der Waals surface area (Å²) < 4.78 is 0. The van der Waals surface area contributed by atoms with Gasteiger partial charge in [-0.1, -0.05) is 18.2 Å². The number of carbonyl (C=O) groups is 1. The Labute approximate surface area is 116 Å². The van der Waals surface area contributed by atoms with Crippen LogP contribution in [0.2, 0.25) is 0 Å². The molecule has 0 saturated carbocycles. The molecule has 2 aromatic carbocycles. The number of rotatable bonds is 4. The summed E-state index contributed by atoms with van der Waals surface area (Å²) in [6.07, 6.45) is 0. The van der Waals surface area contributed by atoms with Crippen LogP contribution in [-0.4, -0.2) is 21.3 Å². The van der Waals surface area contributed by atoms with Gasteiger partial charge in [0.15, 0.2) is 11.5 Å². The molecule has 104 valence electrons. The molecule has 0 atom stereocenters. The van der Waals surface area contributed by atoms with Crippen LogP contribution in [0.3, 0.4) is 0 Å². The average molecular weight is 273 g/mol. The summed E-state index contributed by atoms with van der Waals surface area (Å²) in [5.74, 6) is -1.35. The number of hydrogen-bond acceptors (Lipinski definition) is 4. The lowest BCUT2D eigenvalue weighted by Crippen LogP contribution is -2.04. The zero-order valence-corrected chi connectivity index (χ0v) is 10.9. The third-order valence-corrected chi connectivity index (χ3v) is 3.05. The predicted octanol–water partition coefficient (Wildman–Crippen LogP) is 2.72. The summed E-state index contributed by atoms with van der Waals surface area (Å²) in [5, 5.41) is 31.1. The molecule has 0 spiro atoms. The molecule has 5 nitrogen and oxygen atoms in total. The van der Waals surface area contributed by atoms with Crippen LogP contribution in [0.4, 0.5) is 5.69 Å². The van der Waals surface area contributed by atoms with Crippen molar-refractivity contribution in [2.75, 3.05) is 5.32 Å². The number of aromatic hydroxyl groups is 2. The van der Waals surface area contributed by atoms with E-state index in [2.05, 4.69) is 5.32 Å². The Kier molecular flexibility index (Phi) is 3.79. The molecule has 0 fully saturated rings. The molecule has 5 heteroatoms. The molecular weight excluding hydrogens is 258 g/mol. The normalized spacial score (nSPS) is 10.2. The zero-order valence-electron chi connectivity index (χ0n) is 10.9. The van der Waals surface area contributed by atoms with E-state index in [9.17, 15) is 15.0 Å². The molecular formula is C15H15NO4. The molecule has 0 aliphatic rings. The summed E-state index contributed by atoms with van der Waals surface area (Å²) in [4.78, 5) is 10.9. The highest BCUT2D eigenvalue weighted by atomic mass is 16.4. The van der Waals surface area contributed by atoms with Gasteiger partial charge in [0.05, 0.1) is 5.56 Å². The number of carboxylic acids is 1. The first kappa shape index (κ1) is 13.7. The molecule has 0 heterocycles. The number of carboxylic acid groups (broad SMARTS) is 1. The fraction of sp³-hybridized carbons (Fsp3) is 0.133. The monoisotopic (exact) mass is 273 g/mol. The van der Waals surface area contributed by atoms with E-state index in [0.717, 1.165) is 5.56 Å². The molecule has 0 radical (unpaired) electrons. The van der Waals surface area contributed by atoms with Crippen molar-refractivity contribution in [2.24, 2.45) is 0 Å². The third kappa shape index (κ3) is 2.83. The Morgan fingerprint density at radius 2 is 1.95 bits per heavy atom. The van der Waals surface area contributed by atoms with Gasteiger partial charge in [0.1, 0.15) is 0 Å². The van der Waals surface area contributed by atoms with Crippen LogP contribution in [0.25, 0.3) is 0 Å². The lowest BCUT2D eigenvalue weighted by Gasteiger charge is -2.12. The molecule has 4 N–H and O–H groups in total. The largest absolute Gasteiger partial charge is 0.504 e. The van der Waals surface area contributed by atoms with Gasteiger partial charge in [-0.3, -0.25) is 0 Å². The molecule has 2 aromatic rings. The lowest BCUT2D eigenvalue weighted by atomic mass is 10.1. The van der Waals surface area contributed by atoms with Gasteiger partial charge in [-0.05, 0) is 30.7 Å². The van der Waals surface area contributed by atoms with Crippen molar-refractivity contribution in [1.82, 2.24) is 0 Å². The summed E-state index contributed by atoms with van der Waals surface area (Å²) in [7, 11) is 0. The van der Waals surface area contributed by atoms with E-state index < -0.39 is 5.97 Å². The topological polar surface area (TPSA) is 89.8 Å². The maximum atomic E-state index is 10.9. The summed E-state index contributed by atoms with van der Waals surface area (Å²) in [6.45, 7) is 2.14. The number of phenolic OH excluding ortho intramolecular Hbond substituents is 2. The zero-order chi connectivity index (χ0) is 14.7. The second-order valence-electron chi connectivity index (χ2n) is 4.47. The van der Waals surface area contributed by atoms with Crippen LogP contribution in [0.1, 0.15) is 21.5 Å². The number of anilines is 1. The first-order valence-electron chi connectivity index (χ1n) is 6.06. The Morgan fingerprint density at radius 1 is 1.20 bits per heavy atom. The second kappa shape index (κ2) is 5.52. The van der Waals surface area contributed by atoms with Gasteiger partial charge in [0.25, 0.3) is 0 Å². The summed E-state index contributed by atoms with van der Waals surface area (Å²) in [6, 6.07) is 9.50. The minimum Gasteiger partial charge on any atom is -0.504 e. The standard InChI is InChI=1S/C15H15NO4/c1-9-5-6-10(15(19)20)7-12(9)16-8-11-3-2-4-13(17)14(11)18/h2-7,16-18H,8H2,1H3,(H,19,20). The van der Waals surface area contributed by atoms with Crippen LogP contribution < -0.4 is 5.32 Å². The number of aryl methyl sites for hydroxylation is 1. The smallest absolute Gasteiger partial charge is 0.335 e. The maximum Gasteiger partial charge on any atom is 0.335 e. The fourth-order valence-corrected chi connectivity index (χ4v) is 1.86. The van der Waals surface area contributed by atoms with E-state index in [1.807, 2.05) is 6.92 Å². The predicted molar refractivity (Wildman–Crippen MR) is 75.2 cm³/mol. The highest BCUT2D eigenvalue weighted by Crippen LogP contribution is 2.29. The van der Waals surface area contributed by atoms with Gasteiger partial charge in [-0.25, -0.2) is 4.79 Å². The number of aromatic carboxylic acids is 1. The highest BCUT2D eigenvalue weighted by molar-refractivity contribution is 5.89. The average Bonchev–Trinajstić information content (AvgIpc) is 2.41. The quantitative estimate of drug-likeness (QED) is 0.643. The Morgan fingerprint density at radius 3 is 2.65 bits per heavy atom. The Balaban J connectivity index is 2.20. The van der Waals surface area contributed by atoms with Gasteiger partial charge in [0.2, 0.25) is 0 Å². The van der Waals surface area contributed by atoms with Crippen molar-refractivity contribution < 1.29 is 20.1 Å². The molecule has 0 amide bonds.